The number of hydrogen-bond donors (Lipinski definition) is 0. The topological polar surface area (TPSA) is 45.9 Å². The summed E-state index contributed by atoms with van der Waals surface area (Å²) in [5.41, 5.74) is 28.6. The minimum absolute atomic E-state index is 0.177. The summed E-state index contributed by atoms with van der Waals surface area (Å²) in [5.74, 6) is 0. The molecule has 0 saturated carbocycles. The lowest BCUT2D eigenvalue weighted by molar-refractivity contribution is 0.661. The maximum absolute atomic E-state index is 7.14. The zero-order chi connectivity index (χ0) is 60.6. The molecule has 4 aliphatic heterocycles. The summed E-state index contributed by atoms with van der Waals surface area (Å²) in [7, 11) is 0. The number of nitrogens with zero attached hydrogens (tertiary/aromatic N) is 2. The zero-order valence-electron chi connectivity index (χ0n) is 49.8. The second kappa shape index (κ2) is 19.7. The summed E-state index contributed by atoms with van der Waals surface area (Å²) < 4.78 is 20.9. The average molecular weight is 1220 g/mol. The Hall–Kier alpha value is -11.1. The summed E-state index contributed by atoms with van der Waals surface area (Å²) in [6, 6.07) is 107. The van der Waals surface area contributed by atoms with Crippen molar-refractivity contribution in [2.75, 3.05) is 9.80 Å². The molecule has 21 rings (SSSR count). The molecule has 4 aliphatic rings. The lowest BCUT2D eigenvalue weighted by Crippen LogP contribution is -2.64. The molecule has 0 unspecified atom stereocenters. The normalized spacial score (nSPS) is 13.4. The first-order chi connectivity index (χ1) is 46.1. The zero-order valence-corrected chi connectivity index (χ0v) is 51.4. The van der Waals surface area contributed by atoms with E-state index >= 15 is 0 Å². The van der Waals surface area contributed by atoms with Gasteiger partial charge in [-0.2, -0.15) is 0 Å². The Labute approximate surface area is 544 Å². The van der Waals surface area contributed by atoms with E-state index in [0.717, 1.165) is 138 Å². The van der Waals surface area contributed by atoms with Crippen LogP contribution in [0.1, 0.15) is 0 Å². The standard InChI is InChI=1S/C84H48B2N2O3S2/c1-4-21-49(22-5-1)52-39-41-61-76(44-52)92-84-79-60-31-14-19-37-73(60)90-75(79)48-70-81(84)85(61)63-46-64-68(47-67(63)88(70)66-34-16-11-28-55(66)51-25-8-3-9-26-51)87(65-33-15-10-27-54(65)50-23-6-2-7-24-50)69-43-53(56-32-20-38-74-78(56)59-30-13-18-36-72(59)89-74)45-77-80(69)86(64)62-42-40-58-57-29-12-17-35-71(57)91-82(58)83(62)93-77/h1-48H. The van der Waals surface area contributed by atoms with Crippen LogP contribution in [0.2, 0.25) is 0 Å². The predicted molar refractivity (Wildman–Crippen MR) is 390 cm³/mol. The van der Waals surface area contributed by atoms with Crippen LogP contribution in [-0.4, -0.2) is 13.4 Å². The van der Waals surface area contributed by atoms with Crippen LogP contribution in [0.15, 0.2) is 324 Å². The number of benzene rings is 14. The molecule has 0 fully saturated rings. The highest BCUT2D eigenvalue weighted by atomic mass is 32.2. The largest absolute Gasteiger partial charge is 0.456 e. The van der Waals surface area contributed by atoms with Gasteiger partial charge in [-0.3, -0.25) is 0 Å². The molecule has 0 radical (unpaired) electrons. The van der Waals surface area contributed by atoms with Crippen molar-refractivity contribution >= 4 is 170 Å². The Morgan fingerprint density at radius 2 is 0.774 bits per heavy atom. The first kappa shape index (κ1) is 51.6. The van der Waals surface area contributed by atoms with E-state index < -0.39 is 0 Å². The Bertz CT molecular complexity index is 6060. The highest BCUT2D eigenvalue weighted by Gasteiger charge is 2.48. The number of para-hydroxylation sites is 5. The second-order valence-corrected chi connectivity index (χ2v) is 27.0. The van der Waals surface area contributed by atoms with Gasteiger partial charge < -0.3 is 23.1 Å². The molecule has 3 aromatic heterocycles. The van der Waals surface area contributed by atoms with Crippen LogP contribution in [0.3, 0.4) is 0 Å². The van der Waals surface area contributed by atoms with Gasteiger partial charge in [0.1, 0.15) is 33.5 Å². The summed E-state index contributed by atoms with van der Waals surface area (Å²) in [6.07, 6.45) is 0. The van der Waals surface area contributed by atoms with Gasteiger partial charge in [-0.1, -0.05) is 259 Å². The predicted octanol–water partition coefficient (Wildman–Crippen LogP) is 19.6. The average Bonchev–Trinajstić information content (AvgIpc) is 1.48. The maximum Gasteiger partial charge on any atom is 0.249 e. The van der Waals surface area contributed by atoms with Gasteiger partial charge in [0.25, 0.3) is 0 Å². The van der Waals surface area contributed by atoms with Crippen molar-refractivity contribution in [2.45, 2.75) is 19.6 Å². The Balaban J connectivity index is 0.921. The molecule has 430 valence electrons. The van der Waals surface area contributed by atoms with E-state index in [2.05, 4.69) is 301 Å². The highest BCUT2D eigenvalue weighted by molar-refractivity contribution is 8.00. The van der Waals surface area contributed by atoms with Crippen molar-refractivity contribution in [3.05, 3.63) is 291 Å². The molecule has 0 N–H and O–H groups in total. The number of hydrogen-bond acceptors (Lipinski definition) is 7. The minimum Gasteiger partial charge on any atom is -0.456 e. The molecule has 9 heteroatoms. The van der Waals surface area contributed by atoms with Gasteiger partial charge in [-0.25, -0.2) is 0 Å². The summed E-state index contributed by atoms with van der Waals surface area (Å²) >= 11 is 3.74. The summed E-state index contributed by atoms with van der Waals surface area (Å²) in [5, 5.41) is 6.70. The smallest absolute Gasteiger partial charge is 0.249 e. The third-order valence-corrected chi connectivity index (χ3v) is 22.4. The van der Waals surface area contributed by atoms with E-state index in [0.29, 0.717) is 0 Å². The molecule has 7 heterocycles. The third kappa shape index (κ3) is 7.46. The van der Waals surface area contributed by atoms with Crippen LogP contribution in [-0.2, 0) is 0 Å². The van der Waals surface area contributed by atoms with Gasteiger partial charge in [-0.15, -0.1) is 0 Å². The molecule has 0 amide bonds. The second-order valence-electron chi connectivity index (χ2n) is 24.8. The molecule has 17 aromatic rings. The van der Waals surface area contributed by atoms with Crippen LogP contribution < -0.4 is 42.6 Å². The number of anilines is 6. The van der Waals surface area contributed by atoms with Crippen molar-refractivity contribution in [2.24, 2.45) is 0 Å². The van der Waals surface area contributed by atoms with E-state index in [4.69, 9.17) is 13.3 Å². The molecule has 14 aromatic carbocycles. The summed E-state index contributed by atoms with van der Waals surface area (Å²) in [4.78, 5) is 10.0. The highest BCUT2D eigenvalue weighted by Crippen LogP contribution is 2.54. The van der Waals surface area contributed by atoms with Crippen molar-refractivity contribution in [1.29, 1.82) is 0 Å². The molecule has 0 atom stereocenters. The fourth-order valence-electron chi connectivity index (χ4n) is 16.0. The third-order valence-electron chi connectivity index (χ3n) is 20.0. The van der Waals surface area contributed by atoms with Gasteiger partial charge in [-0.05, 0) is 116 Å². The van der Waals surface area contributed by atoms with Gasteiger partial charge in [0.2, 0.25) is 13.4 Å². The lowest BCUT2D eigenvalue weighted by Gasteiger charge is -2.45. The molecule has 93 heavy (non-hydrogen) atoms. The maximum atomic E-state index is 7.14. The molecule has 0 aliphatic carbocycles. The van der Waals surface area contributed by atoms with Crippen LogP contribution in [0.25, 0.3) is 110 Å². The van der Waals surface area contributed by atoms with E-state index in [1.165, 1.54) is 58.6 Å². The van der Waals surface area contributed by atoms with Crippen LogP contribution in [0, 0.1) is 0 Å². The van der Waals surface area contributed by atoms with E-state index in [1.54, 1.807) is 0 Å². The quantitative estimate of drug-likeness (QED) is 0.154. The van der Waals surface area contributed by atoms with Crippen LogP contribution >= 0.6 is 23.5 Å². The van der Waals surface area contributed by atoms with Gasteiger partial charge in [0.15, 0.2) is 0 Å². The van der Waals surface area contributed by atoms with Gasteiger partial charge >= 0.3 is 0 Å². The van der Waals surface area contributed by atoms with Crippen molar-refractivity contribution in [3.63, 3.8) is 0 Å². The summed E-state index contributed by atoms with van der Waals surface area (Å²) in [6.45, 7) is -0.392. The Morgan fingerprint density at radius 1 is 0.258 bits per heavy atom. The fraction of sp³-hybridized carbons (Fsp3) is 0. The first-order valence-corrected chi connectivity index (χ1v) is 33.4. The number of fused-ring (bicyclic) bond motifs is 19. The van der Waals surface area contributed by atoms with Crippen molar-refractivity contribution < 1.29 is 13.3 Å². The minimum atomic E-state index is -0.215. The molecule has 5 nitrogen and oxygen atoms in total. The van der Waals surface area contributed by atoms with E-state index in [9.17, 15) is 0 Å². The van der Waals surface area contributed by atoms with E-state index in [1.807, 2.05) is 23.5 Å². The molecule has 0 saturated heterocycles. The Morgan fingerprint density at radius 3 is 1.46 bits per heavy atom. The molecular formula is C84H48B2N2O3S2. The molecular weight excluding hydrogens is 1170 g/mol. The van der Waals surface area contributed by atoms with Crippen molar-refractivity contribution in [3.8, 4) is 44.5 Å². The SMILES string of the molecule is c1ccc(-c2ccc3c(c2)Sc2c4c(cc5oc6ccccc6c25)N(c2ccccc2-c2ccccc2)c2cc5c(cc2B34)B2c3ccc4c(oc6ccccc64)c3Sc3cc(-c4cccc6oc7ccccc7c46)cc(c32)N5c2ccccc2-c2ccccc2)cc1. The first-order valence-electron chi connectivity index (χ1n) is 31.8. The van der Waals surface area contributed by atoms with Gasteiger partial charge in [0, 0.05) is 86.9 Å². The molecule has 0 spiro atoms. The van der Waals surface area contributed by atoms with Crippen LogP contribution in [0.4, 0.5) is 34.1 Å². The number of rotatable bonds is 6. The monoisotopic (exact) mass is 1220 g/mol. The van der Waals surface area contributed by atoms with Crippen molar-refractivity contribution in [1.82, 2.24) is 0 Å². The van der Waals surface area contributed by atoms with Crippen LogP contribution in [0.5, 0.6) is 0 Å². The lowest BCUT2D eigenvalue weighted by atomic mass is 9.31. The van der Waals surface area contributed by atoms with E-state index in [-0.39, 0.29) is 13.4 Å². The Kier molecular flexibility index (Phi) is 10.9. The number of furan rings is 3. The fourth-order valence-corrected chi connectivity index (χ4v) is 18.7. The van der Waals surface area contributed by atoms with Gasteiger partial charge in [0.05, 0.1) is 16.3 Å². The molecule has 0 bridgehead atoms.